The summed E-state index contributed by atoms with van der Waals surface area (Å²) < 4.78 is 4.67. The van der Waals surface area contributed by atoms with Gasteiger partial charge in [-0.3, -0.25) is 9.69 Å². The van der Waals surface area contributed by atoms with Gasteiger partial charge in [0.1, 0.15) is 0 Å². The zero-order valence-corrected chi connectivity index (χ0v) is 11.8. The fourth-order valence-electron chi connectivity index (χ4n) is 2.34. The van der Waals surface area contributed by atoms with E-state index in [9.17, 15) is 4.79 Å². The average molecular weight is 262 g/mol. The molecule has 0 aromatic heterocycles. The Bertz CT molecular complexity index is 409. The Morgan fingerprint density at radius 2 is 1.79 bits per heavy atom. The molecule has 1 aromatic carbocycles. The maximum Gasteiger partial charge on any atom is 0.306 e. The highest BCUT2D eigenvalue weighted by molar-refractivity contribution is 5.69. The lowest BCUT2D eigenvalue weighted by Gasteiger charge is -2.36. The monoisotopic (exact) mass is 262 g/mol. The summed E-state index contributed by atoms with van der Waals surface area (Å²) in [4.78, 5) is 15.8. The third kappa shape index (κ3) is 3.96. The highest BCUT2D eigenvalue weighted by Crippen LogP contribution is 2.17. The van der Waals surface area contributed by atoms with Crippen LogP contribution in [0, 0.1) is 6.92 Å². The molecular weight excluding hydrogens is 240 g/mol. The molecule has 0 atom stereocenters. The van der Waals surface area contributed by atoms with E-state index in [1.807, 2.05) is 0 Å². The van der Waals surface area contributed by atoms with Crippen molar-refractivity contribution in [3.8, 4) is 0 Å². The predicted octanol–water partition coefficient (Wildman–Crippen LogP) is 1.68. The van der Waals surface area contributed by atoms with Crippen LogP contribution in [0.1, 0.15) is 12.0 Å². The number of carbonyl (C=O) groups excluding carboxylic acids is 1. The normalized spacial score (nSPS) is 16.4. The number of ether oxygens (including phenoxy) is 1. The molecule has 2 rings (SSSR count). The van der Waals surface area contributed by atoms with Crippen molar-refractivity contribution < 1.29 is 9.53 Å². The van der Waals surface area contributed by atoms with Crippen molar-refractivity contribution in [2.75, 3.05) is 44.7 Å². The number of hydrogen-bond donors (Lipinski definition) is 0. The largest absolute Gasteiger partial charge is 0.469 e. The first kappa shape index (κ1) is 13.9. The highest BCUT2D eigenvalue weighted by Gasteiger charge is 2.17. The number of esters is 1. The second-order valence-electron chi connectivity index (χ2n) is 4.99. The Labute approximate surface area is 115 Å². The fourth-order valence-corrected chi connectivity index (χ4v) is 2.34. The van der Waals surface area contributed by atoms with Crippen molar-refractivity contribution in [2.24, 2.45) is 0 Å². The van der Waals surface area contributed by atoms with Crippen LogP contribution in [0.3, 0.4) is 0 Å². The van der Waals surface area contributed by atoms with Gasteiger partial charge in [0.05, 0.1) is 13.5 Å². The molecule has 1 fully saturated rings. The lowest BCUT2D eigenvalue weighted by atomic mass is 10.2. The van der Waals surface area contributed by atoms with Crippen LogP contribution in [0.4, 0.5) is 5.69 Å². The predicted molar refractivity (Wildman–Crippen MR) is 76.5 cm³/mol. The maximum atomic E-state index is 11.1. The number of hydrogen-bond acceptors (Lipinski definition) is 4. The molecular formula is C15H22N2O2. The molecule has 1 aromatic rings. The minimum atomic E-state index is -0.124. The van der Waals surface area contributed by atoms with E-state index in [1.54, 1.807) is 0 Å². The topological polar surface area (TPSA) is 32.8 Å². The zero-order valence-electron chi connectivity index (χ0n) is 11.8. The van der Waals surface area contributed by atoms with Crippen molar-refractivity contribution in [1.82, 2.24) is 4.90 Å². The minimum absolute atomic E-state index is 0.124. The number of anilines is 1. The lowest BCUT2D eigenvalue weighted by molar-refractivity contribution is -0.141. The van der Waals surface area contributed by atoms with E-state index in [0.717, 1.165) is 32.7 Å². The van der Waals surface area contributed by atoms with E-state index in [4.69, 9.17) is 0 Å². The molecule has 0 bridgehead atoms. The molecule has 1 heterocycles. The van der Waals surface area contributed by atoms with Gasteiger partial charge in [-0.1, -0.05) is 17.7 Å². The third-order valence-corrected chi connectivity index (χ3v) is 3.63. The first-order valence-electron chi connectivity index (χ1n) is 6.80. The average Bonchev–Trinajstić information content (AvgIpc) is 2.46. The van der Waals surface area contributed by atoms with Gasteiger partial charge in [0.2, 0.25) is 0 Å². The molecule has 0 N–H and O–H groups in total. The van der Waals surface area contributed by atoms with E-state index in [2.05, 4.69) is 45.7 Å². The molecule has 104 valence electrons. The summed E-state index contributed by atoms with van der Waals surface area (Å²) in [6.07, 6.45) is 0.487. The van der Waals surface area contributed by atoms with Crippen LogP contribution >= 0.6 is 0 Å². The summed E-state index contributed by atoms with van der Waals surface area (Å²) in [6, 6.07) is 8.66. The summed E-state index contributed by atoms with van der Waals surface area (Å²) in [5, 5.41) is 0. The molecule has 4 nitrogen and oxygen atoms in total. The Hall–Kier alpha value is -1.55. The van der Waals surface area contributed by atoms with Gasteiger partial charge in [-0.15, -0.1) is 0 Å². The first-order valence-corrected chi connectivity index (χ1v) is 6.80. The number of piperazine rings is 1. The fraction of sp³-hybridized carbons (Fsp3) is 0.533. The number of carbonyl (C=O) groups is 1. The second kappa shape index (κ2) is 6.57. The Morgan fingerprint density at radius 3 is 2.37 bits per heavy atom. The molecule has 0 unspecified atom stereocenters. The quantitative estimate of drug-likeness (QED) is 0.773. The molecule has 1 aliphatic heterocycles. The summed E-state index contributed by atoms with van der Waals surface area (Å²) in [5.74, 6) is -0.124. The van der Waals surface area contributed by atoms with E-state index < -0.39 is 0 Å². The third-order valence-electron chi connectivity index (χ3n) is 3.63. The zero-order chi connectivity index (χ0) is 13.7. The number of benzene rings is 1. The summed E-state index contributed by atoms with van der Waals surface area (Å²) >= 11 is 0. The second-order valence-corrected chi connectivity index (χ2v) is 4.99. The van der Waals surface area contributed by atoms with Crippen molar-refractivity contribution in [3.05, 3.63) is 29.8 Å². The van der Waals surface area contributed by atoms with Crippen LogP contribution in [0.2, 0.25) is 0 Å². The summed E-state index contributed by atoms with van der Waals surface area (Å²) in [7, 11) is 1.44. The van der Waals surface area contributed by atoms with Crippen molar-refractivity contribution in [3.63, 3.8) is 0 Å². The van der Waals surface area contributed by atoms with Crippen molar-refractivity contribution >= 4 is 11.7 Å². The van der Waals surface area contributed by atoms with Crippen molar-refractivity contribution in [2.45, 2.75) is 13.3 Å². The van der Waals surface area contributed by atoms with Crippen LogP contribution in [0.15, 0.2) is 24.3 Å². The molecule has 1 saturated heterocycles. The maximum absolute atomic E-state index is 11.1. The van der Waals surface area contributed by atoms with Gasteiger partial charge in [0, 0.05) is 38.4 Å². The Balaban J connectivity index is 1.79. The van der Waals surface area contributed by atoms with Crippen LogP contribution < -0.4 is 4.90 Å². The molecule has 4 heteroatoms. The van der Waals surface area contributed by atoms with Crippen molar-refractivity contribution in [1.29, 1.82) is 0 Å². The summed E-state index contributed by atoms with van der Waals surface area (Å²) in [5.41, 5.74) is 2.58. The molecule has 0 saturated carbocycles. The molecule has 19 heavy (non-hydrogen) atoms. The molecule has 0 aliphatic carbocycles. The Kier molecular flexibility index (Phi) is 4.80. The molecule has 0 spiro atoms. The van der Waals surface area contributed by atoms with E-state index in [1.165, 1.54) is 18.4 Å². The van der Waals surface area contributed by atoms with Gasteiger partial charge in [-0.05, 0) is 19.1 Å². The van der Waals surface area contributed by atoms with Gasteiger partial charge < -0.3 is 9.64 Å². The summed E-state index contributed by atoms with van der Waals surface area (Å²) in [6.45, 7) is 6.95. The van der Waals surface area contributed by atoms with Gasteiger partial charge >= 0.3 is 5.97 Å². The minimum Gasteiger partial charge on any atom is -0.469 e. The number of nitrogens with zero attached hydrogens (tertiary/aromatic N) is 2. The van der Waals surface area contributed by atoms with E-state index in [0.29, 0.717) is 6.42 Å². The standard InChI is InChI=1S/C15H22N2O2/c1-13-3-5-14(6-4-13)17-11-9-16(10-12-17)8-7-15(18)19-2/h3-6H,7-12H2,1-2H3. The smallest absolute Gasteiger partial charge is 0.306 e. The SMILES string of the molecule is COC(=O)CCN1CCN(c2ccc(C)cc2)CC1. The molecule has 1 aliphatic rings. The van der Waals surface area contributed by atoms with Crippen LogP contribution in [-0.2, 0) is 9.53 Å². The van der Waals surface area contributed by atoms with Gasteiger partial charge in [0.15, 0.2) is 0 Å². The van der Waals surface area contributed by atoms with Gasteiger partial charge in [0.25, 0.3) is 0 Å². The Morgan fingerprint density at radius 1 is 1.16 bits per heavy atom. The molecule has 0 amide bonds. The number of aryl methyl sites for hydroxylation is 1. The van der Waals surface area contributed by atoms with Gasteiger partial charge in [-0.2, -0.15) is 0 Å². The van der Waals surface area contributed by atoms with Gasteiger partial charge in [-0.25, -0.2) is 0 Å². The first-order chi connectivity index (χ1) is 9.19. The highest BCUT2D eigenvalue weighted by atomic mass is 16.5. The number of methoxy groups -OCH3 is 1. The van der Waals surface area contributed by atoms with Crippen LogP contribution in [0.5, 0.6) is 0 Å². The van der Waals surface area contributed by atoms with Crippen LogP contribution in [-0.4, -0.2) is 50.7 Å². The number of rotatable bonds is 4. The van der Waals surface area contributed by atoms with E-state index >= 15 is 0 Å². The molecule has 0 radical (unpaired) electrons. The van der Waals surface area contributed by atoms with Crippen LogP contribution in [0.25, 0.3) is 0 Å². The van der Waals surface area contributed by atoms with E-state index in [-0.39, 0.29) is 5.97 Å². The lowest BCUT2D eigenvalue weighted by Crippen LogP contribution is -2.46.